The zero-order valence-electron chi connectivity index (χ0n) is 12.4. The van der Waals surface area contributed by atoms with Crippen molar-refractivity contribution in [3.8, 4) is 0 Å². The predicted octanol–water partition coefficient (Wildman–Crippen LogP) is 1.32. The SMILES string of the molecule is CNC(=O)CN1CCCN(CC2CCCCC2)CC1. The van der Waals surface area contributed by atoms with Crippen LogP contribution in [-0.4, -0.2) is 62.0 Å². The Bertz CT molecular complexity index is 277. The Labute approximate surface area is 117 Å². The predicted molar refractivity (Wildman–Crippen MR) is 78.1 cm³/mol. The fraction of sp³-hybridized carbons (Fsp3) is 0.933. The number of carbonyl (C=O) groups is 1. The van der Waals surface area contributed by atoms with Gasteiger partial charge in [0.1, 0.15) is 0 Å². The van der Waals surface area contributed by atoms with E-state index < -0.39 is 0 Å². The van der Waals surface area contributed by atoms with Crippen molar-refractivity contribution in [3.63, 3.8) is 0 Å². The molecule has 19 heavy (non-hydrogen) atoms. The van der Waals surface area contributed by atoms with Gasteiger partial charge in [-0.3, -0.25) is 9.69 Å². The van der Waals surface area contributed by atoms with Crippen molar-refractivity contribution in [2.75, 3.05) is 46.3 Å². The van der Waals surface area contributed by atoms with Crippen molar-refractivity contribution in [1.29, 1.82) is 0 Å². The summed E-state index contributed by atoms with van der Waals surface area (Å²) in [5.74, 6) is 1.07. The Hall–Kier alpha value is -0.610. The van der Waals surface area contributed by atoms with Gasteiger partial charge in [-0.15, -0.1) is 0 Å². The zero-order chi connectivity index (χ0) is 13.5. The van der Waals surface area contributed by atoms with E-state index >= 15 is 0 Å². The molecule has 2 aliphatic rings. The summed E-state index contributed by atoms with van der Waals surface area (Å²) in [5, 5.41) is 2.72. The second-order valence-corrected chi connectivity index (χ2v) is 6.11. The molecule has 4 nitrogen and oxygen atoms in total. The average Bonchev–Trinajstić information content (AvgIpc) is 2.65. The molecule has 1 saturated carbocycles. The second kappa shape index (κ2) is 7.85. The highest BCUT2D eigenvalue weighted by molar-refractivity contribution is 5.77. The molecule has 2 rings (SSSR count). The molecule has 0 radical (unpaired) electrons. The lowest BCUT2D eigenvalue weighted by molar-refractivity contribution is -0.121. The Morgan fingerprint density at radius 1 is 1.00 bits per heavy atom. The molecule has 1 N–H and O–H groups in total. The summed E-state index contributed by atoms with van der Waals surface area (Å²) in [6.07, 6.45) is 8.36. The highest BCUT2D eigenvalue weighted by Gasteiger charge is 2.20. The minimum Gasteiger partial charge on any atom is -0.358 e. The summed E-state index contributed by atoms with van der Waals surface area (Å²) < 4.78 is 0. The van der Waals surface area contributed by atoms with Crippen LogP contribution < -0.4 is 5.32 Å². The van der Waals surface area contributed by atoms with E-state index in [-0.39, 0.29) is 5.91 Å². The number of amides is 1. The third-order valence-corrected chi connectivity index (χ3v) is 4.57. The molecule has 1 saturated heterocycles. The number of hydrogen-bond acceptors (Lipinski definition) is 3. The van der Waals surface area contributed by atoms with E-state index in [1.165, 1.54) is 51.6 Å². The molecule has 1 aliphatic heterocycles. The van der Waals surface area contributed by atoms with E-state index in [2.05, 4.69) is 15.1 Å². The Morgan fingerprint density at radius 2 is 1.68 bits per heavy atom. The van der Waals surface area contributed by atoms with Crippen LogP contribution in [0.15, 0.2) is 0 Å². The molecule has 0 bridgehead atoms. The first-order valence-corrected chi connectivity index (χ1v) is 7.93. The summed E-state index contributed by atoms with van der Waals surface area (Å²) in [6.45, 7) is 6.30. The summed E-state index contributed by atoms with van der Waals surface area (Å²) in [5.41, 5.74) is 0. The Morgan fingerprint density at radius 3 is 2.42 bits per heavy atom. The van der Waals surface area contributed by atoms with Gasteiger partial charge in [0.2, 0.25) is 5.91 Å². The van der Waals surface area contributed by atoms with Gasteiger partial charge in [-0.2, -0.15) is 0 Å². The molecule has 0 aromatic heterocycles. The first-order valence-electron chi connectivity index (χ1n) is 7.93. The van der Waals surface area contributed by atoms with Crippen molar-refractivity contribution in [2.45, 2.75) is 38.5 Å². The highest BCUT2D eigenvalue weighted by atomic mass is 16.1. The molecular formula is C15H29N3O. The minimum absolute atomic E-state index is 0.140. The molecule has 4 heteroatoms. The molecule has 0 aromatic rings. The summed E-state index contributed by atoms with van der Waals surface area (Å²) in [4.78, 5) is 16.3. The van der Waals surface area contributed by atoms with E-state index in [4.69, 9.17) is 0 Å². The number of carbonyl (C=O) groups excluding carboxylic acids is 1. The van der Waals surface area contributed by atoms with Gasteiger partial charge in [-0.05, 0) is 38.3 Å². The molecule has 0 spiro atoms. The van der Waals surface area contributed by atoms with Crippen LogP contribution in [0.5, 0.6) is 0 Å². The molecule has 0 atom stereocenters. The normalized spacial score (nSPS) is 24.1. The summed E-state index contributed by atoms with van der Waals surface area (Å²) in [6, 6.07) is 0. The van der Waals surface area contributed by atoms with Gasteiger partial charge in [-0.1, -0.05) is 19.3 Å². The van der Waals surface area contributed by atoms with Crippen molar-refractivity contribution < 1.29 is 4.79 Å². The monoisotopic (exact) mass is 267 g/mol. The van der Waals surface area contributed by atoms with Gasteiger partial charge in [0, 0.05) is 26.7 Å². The molecule has 1 heterocycles. The average molecular weight is 267 g/mol. The van der Waals surface area contributed by atoms with E-state index in [0.717, 1.165) is 25.6 Å². The first-order chi connectivity index (χ1) is 9.28. The first kappa shape index (κ1) is 14.8. The number of nitrogens with one attached hydrogen (secondary N) is 1. The van der Waals surface area contributed by atoms with Gasteiger partial charge in [-0.25, -0.2) is 0 Å². The van der Waals surface area contributed by atoms with E-state index in [1.54, 1.807) is 7.05 Å². The molecular weight excluding hydrogens is 238 g/mol. The second-order valence-electron chi connectivity index (χ2n) is 6.11. The zero-order valence-corrected chi connectivity index (χ0v) is 12.4. The molecule has 1 aliphatic carbocycles. The maximum absolute atomic E-state index is 11.4. The summed E-state index contributed by atoms with van der Waals surface area (Å²) >= 11 is 0. The molecule has 1 amide bonds. The van der Waals surface area contributed by atoms with Crippen LogP contribution in [0.1, 0.15) is 38.5 Å². The van der Waals surface area contributed by atoms with Crippen LogP contribution in [0.3, 0.4) is 0 Å². The minimum atomic E-state index is 0.140. The van der Waals surface area contributed by atoms with Crippen LogP contribution in [0.4, 0.5) is 0 Å². The lowest BCUT2D eigenvalue weighted by Crippen LogP contribution is -2.38. The van der Waals surface area contributed by atoms with Crippen molar-refractivity contribution >= 4 is 5.91 Å². The quantitative estimate of drug-likeness (QED) is 0.834. The van der Waals surface area contributed by atoms with Gasteiger partial charge < -0.3 is 10.2 Å². The number of rotatable bonds is 4. The van der Waals surface area contributed by atoms with Crippen LogP contribution in [0.25, 0.3) is 0 Å². The molecule has 2 fully saturated rings. The lowest BCUT2D eigenvalue weighted by atomic mass is 9.89. The standard InChI is InChI=1S/C15H29N3O/c1-16-15(19)13-18-9-5-8-17(10-11-18)12-14-6-3-2-4-7-14/h14H,2-13H2,1H3,(H,16,19). The smallest absolute Gasteiger partial charge is 0.233 e. The highest BCUT2D eigenvalue weighted by Crippen LogP contribution is 2.24. The van der Waals surface area contributed by atoms with Crippen LogP contribution >= 0.6 is 0 Å². The van der Waals surface area contributed by atoms with Gasteiger partial charge >= 0.3 is 0 Å². The van der Waals surface area contributed by atoms with E-state index in [0.29, 0.717) is 6.54 Å². The molecule has 0 aromatic carbocycles. The Kier molecular flexibility index (Phi) is 6.11. The maximum atomic E-state index is 11.4. The van der Waals surface area contributed by atoms with Crippen LogP contribution in [0.2, 0.25) is 0 Å². The Balaban J connectivity index is 1.71. The summed E-state index contributed by atoms with van der Waals surface area (Å²) in [7, 11) is 1.72. The topological polar surface area (TPSA) is 35.6 Å². The van der Waals surface area contributed by atoms with Crippen molar-refractivity contribution in [1.82, 2.24) is 15.1 Å². The van der Waals surface area contributed by atoms with Gasteiger partial charge in [0.25, 0.3) is 0 Å². The molecule has 110 valence electrons. The van der Waals surface area contributed by atoms with Crippen molar-refractivity contribution in [3.05, 3.63) is 0 Å². The fourth-order valence-corrected chi connectivity index (χ4v) is 3.38. The number of likely N-dealkylation sites (N-methyl/N-ethyl adjacent to an activating group) is 1. The van der Waals surface area contributed by atoms with Gasteiger partial charge in [0.05, 0.1) is 6.54 Å². The fourth-order valence-electron chi connectivity index (χ4n) is 3.38. The van der Waals surface area contributed by atoms with Gasteiger partial charge in [0.15, 0.2) is 0 Å². The van der Waals surface area contributed by atoms with Crippen LogP contribution in [0, 0.1) is 5.92 Å². The number of hydrogen-bond donors (Lipinski definition) is 1. The van der Waals surface area contributed by atoms with E-state index in [9.17, 15) is 4.79 Å². The third kappa shape index (κ3) is 5.11. The largest absolute Gasteiger partial charge is 0.358 e. The van der Waals surface area contributed by atoms with Crippen molar-refractivity contribution in [2.24, 2.45) is 5.92 Å². The molecule has 0 unspecified atom stereocenters. The van der Waals surface area contributed by atoms with Crippen LogP contribution in [-0.2, 0) is 4.79 Å². The maximum Gasteiger partial charge on any atom is 0.233 e. The lowest BCUT2D eigenvalue weighted by Gasteiger charge is -2.28. The third-order valence-electron chi connectivity index (χ3n) is 4.57. The van der Waals surface area contributed by atoms with E-state index in [1.807, 2.05) is 0 Å². The number of nitrogens with zero attached hydrogens (tertiary/aromatic N) is 2.